The Balaban J connectivity index is 2.50. The van der Waals surface area contributed by atoms with Crippen molar-refractivity contribution in [2.24, 2.45) is 0 Å². The lowest BCUT2D eigenvalue weighted by molar-refractivity contribution is 0.494. The summed E-state index contributed by atoms with van der Waals surface area (Å²) in [5.74, 6) is 0. The van der Waals surface area contributed by atoms with Gasteiger partial charge < -0.3 is 4.43 Å². The molecule has 2 rings (SSSR count). The molecule has 0 aliphatic heterocycles. The third-order valence-electron chi connectivity index (χ3n) is 2.97. The van der Waals surface area contributed by atoms with Crippen molar-refractivity contribution < 1.29 is 4.43 Å². The lowest BCUT2D eigenvalue weighted by Gasteiger charge is -2.26. The number of hydrogen-bond acceptors (Lipinski definition) is 1. The summed E-state index contributed by atoms with van der Waals surface area (Å²) in [6, 6.07) is 20.8. The molecule has 0 N–H and O–H groups in total. The van der Waals surface area contributed by atoms with Crippen LogP contribution in [0.2, 0.25) is 6.55 Å². The Morgan fingerprint density at radius 3 is 1.65 bits per heavy atom. The van der Waals surface area contributed by atoms with Gasteiger partial charge in [0, 0.05) is 0 Å². The van der Waals surface area contributed by atoms with Gasteiger partial charge in [0.2, 0.25) is 0 Å². The zero-order chi connectivity index (χ0) is 12.1. The fourth-order valence-corrected chi connectivity index (χ4v) is 4.58. The van der Waals surface area contributed by atoms with E-state index in [0.717, 1.165) is 0 Å². The van der Waals surface area contributed by atoms with Crippen LogP contribution < -0.4 is 10.4 Å². The molecule has 0 spiro atoms. The maximum absolute atomic E-state index is 5.90. The first-order valence-electron chi connectivity index (χ1n) is 5.67. The van der Waals surface area contributed by atoms with E-state index in [1.165, 1.54) is 10.4 Å². The van der Waals surface area contributed by atoms with Crippen LogP contribution in [0, 0.1) is 0 Å². The Hall–Kier alpha value is -1.80. The fraction of sp³-hybridized carbons (Fsp3) is 0.0667. The third kappa shape index (κ3) is 2.32. The van der Waals surface area contributed by atoms with Crippen molar-refractivity contribution >= 4 is 18.7 Å². The van der Waals surface area contributed by atoms with Gasteiger partial charge in [-0.3, -0.25) is 0 Å². The van der Waals surface area contributed by atoms with Crippen molar-refractivity contribution in [1.82, 2.24) is 0 Å². The van der Waals surface area contributed by atoms with Gasteiger partial charge in [0.15, 0.2) is 0 Å². The minimum absolute atomic E-state index is 1.26. The molecule has 2 aromatic rings. The Morgan fingerprint density at radius 1 is 0.882 bits per heavy atom. The first-order valence-corrected chi connectivity index (χ1v) is 8.08. The average Bonchev–Trinajstić information content (AvgIpc) is 2.41. The Kier molecular flexibility index (Phi) is 3.45. The third-order valence-corrected chi connectivity index (χ3v) is 6.48. The molecule has 0 amide bonds. The highest BCUT2D eigenvalue weighted by Gasteiger charge is 2.34. The molecule has 2 aromatic carbocycles. The Morgan fingerprint density at radius 2 is 1.29 bits per heavy atom. The summed E-state index contributed by atoms with van der Waals surface area (Å²) in [6.45, 7) is 5.90. The van der Waals surface area contributed by atoms with Crippen LogP contribution >= 0.6 is 0 Å². The van der Waals surface area contributed by atoms with E-state index in [0.29, 0.717) is 0 Å². The largest absolute Gasteiger partial charge is 0.541 e. The molecule has 2 heteroatoms. The second-order valence-electron chi connectivity index (χ2n) is 4.05. The summed E-state index contributed by atoms with van der Waals surface area (Å²) >= 11 is 0. The van der Waals surface area contributed by atoms with E-state index in [2.05, 4.69) is 61.7 Å². The number of hydrogen-bond donors (Lipinski definition) is 0. The minimum atomic E-state index is -2.12. The molecule has 0 atom stereocenters. The van der Waals surface area contributed by atoms with Gasteiger partial charge in [-0.15, -0.1) is 0 Å². The molecule has 0 saturated heterocycles. The van der Waals surface area contributed by atoms with Crippen LogP contribution in [0.5, 0.6) is 0 Å². The molecule has 86 valence electrons. The van der Waals surface area contributed by atoms with Crippen molar-refractivity contribution in [2.75, 3.05) is 0 Å². The predicted octanol–water partition coefficient (Wildman–Crippen LogP) is 2.54. The van der Waals surface area contributed by atoms with Gasteiger partial charge >= 0.3 is 8.32 Å². The van der Waals surface area contributed by atoms with E-state index >= 15 is 0 Å². The summed E-state index contributed by atoms with van der Waals surface area (Å²) < 4.78 is 5.90. The molecule has 0 heterocycles. The van der Waals surface area contributed by atoms with Crippen LogP contribution in [0.1, 0.15) is 0 Å². The van der Waals surface area contributed by atoms with Gasteiger partial charge in [-0.1, -0.05) is 67.2 Å². The Bertz CT molecular complexity index is 439. The highest BCUT2D eigenvalue weighted by Crippen LogP contribution is 2.07. The summed E-state index contributed by atoms with van der Waals surface area (Å²) in [5.41, 5.74) is 0. The first kappa shape index (κ1) is 11.7. The second kappa shape index (κ2) is 5.02. The molecular formula is C15H16OSi. The van der Waals surface area contributed by atoms with Crippen LogP contribution in [0.3, 0.4) is 0 Å². The standard InChI is InChI=1S/C15H16OSi/c1-3-16-17(2,14-10-6-4-7-11-14)15-12-8-5-9-13-15/h3-13H,1H2,2H3. The summed E-state index contributed by atoms with van der Waals surface area (Å²) in [7, 11) is -2.12. The molecule has 17 heavy (non-hydrogen) atoms. The smallest absolute Gasteiger partial charge is 0.310 e. The number of benzene rings is 2. The van der Waals surface area contributed by atoms with Crippen LogP contribution in [-0.4, -0.2) is 8.32 Å². The molecule has 0 bridgehead atoms. The minimum Gasteiger partial charge on any atom is -0.541 e. The maximum atomic E-state index is 5.90. The van der Waals surface area contributed by atoms with E-state index in [9.17, 15) is 0 Å². The molecule has 0 aliphatic rings. The molecule has 0 fully saturated rings. The van der Waals surface area contributed by atoms with Crippen LogP contribution in [0.15, 0.2) is 73.5 Å². The van der Waals surface area contributed by atoms with Gasteiger partial charge in [0.1, 0.15) is 0 Å². The van der Waals surface area contributed by atoms with Gasteiger partial charge in [-0.2, -0.15) is 0 Å². The van der Waals surface area contributed by atoms with Crippen LogP contribution in [0.25, 0.3) is 0 Å². The maximum Gasteiger partial charge on any atom is 0.310 e. The lowest BCUT2D eigenvalue weighted by Crippen LogP contribution is -2.57. The first-order chi connectivity index (χ1) is 8.27. The quantitative estimate of drug-likeness (QED) is 0.589. The van der Waals surface area contributed by atoms with E-state index < -0.39 is 8.32 Å². The summed E-state index contributed by atoms with van der Waals surface area (Å²) in [6.07, 6.45) is 1.56. The number of rotatable bonds is 4. The van der Waals surface area contributed by atoms with Gasteiger partial charge in [-0.25, -0.2) is 0 Å². The topological polar surface area (TPSA) is 9.23 Å². The monoisotopic (exact) mass is 240 g/mol. The molecule has 0 radical (unpaired) electrons. The van der Waals surface area contributed by atoms with Crippen molar-refractivity contribution in [2.45, 2.75) is 6.55 Å². The van der Waals surface area contributed by atoms with Crippen molar-refractivity contribution in [3.8, 4) is 0 Å². The fourth-order valence-electron chi connectivity index (χ4n) is 1.98. The Labute approximate surface area is 104 Å². The zero-order valence-corrected chi connectivity index (χ0v) is 11.0. The van der Waals surface area contributed by atoms with Crippen LogP contribution in [-0.2, 0) is 4.43 Å². The summed E-state index contributed by atoms with van der Waals surface area (Å²) in [5, 5.41) is 2.51. The van der Waals surface area contributed by atoms with Gasteiger partial charge in [0.25, 0.3) is 0 Å². The van der Waals surface area contributed by atoms with Crippen molar-refractivity contribution in [3.63, 3.8) is 0 Å². The van der Waals surface area contributed by atoms with Gasteiger partial charge in [0.05, 0.1) is 6.26 Å². The van der Waals surface area contributed by atoms with Crippen molar-refractivity contribution in [1.29, 1.82) is 0 Å². The van der Waals surface area contributed by atoms with E-state index in [1.54, 1.807) is 6.26 Å². The highest BCUT2D eigenvalue weighted by atomic mass is 28.4. The van der Waals surface area contributed by atoms with E-state index in [1.807, 2.05) is 12.1 Å². The molecule has 0 saturated carbocycles. The highest BCUT2D eigenvalue weighted by molar-refractivity contribution is 6.96. The molecule has 1 nitrogen and oxygen atoms in total. The predicted molar refractivity (Wildman–Crippen MR) is 75.1 cm³/mol. The van der Waals surface area contributed by atoms with E-state index in [4.69, 9.17) is 4.43 Å². The SMILES string of the molecule is C=CO[Si](C)(c1ccccc1)c1ccccc1. The molecule has 0 aliphatic carbocycles. The van der Waals surface area contributed by atoms with Crippen molar-refractivity contribution in [3.05, 3.63) is 73.5 Å². The summed E-state index contributed by atoms with van der Waals surface area (Å²) in [4.78, 5) is 0. The van der Waals surface area contributed by atoms with Gasteiger partial charge in [-0.05, 0) is 16.9 Å². The zero-order valence-electron chi connectivity index (χ0n) is 9.97. The molecular weight excluding hydrogens is 224 g/mol. The van der Waals surface area contributed by atoms with E-state index in [-0.39, 0.29) is 0 Å². The lowest BCUT2D eigenvalue weighted by atomic mass is 10.4. The normalized spacial score (nSPS) is 10.9. The van der Waals surface area contributed by atoms with Crippen LogP contribution in [0.4, 0.5) is 0 Å². The second-order valence-corrected chi connectivity index (χ2v) is 7.51. The average molecular weight is 240 g/mol. The molecule has 0 aromatic heterocycles. The molecule has 0 unspecified atom stereocenters.